The first-order valence-corrected chi connectivity index (χ1v) is 3.81. The molecule has 6 heteroatoms. The van der Waals surface area contributed by atoms with Crippen molar-refractivity contribution >= 4 is 10.7 Å². The van der Waals surface area contributed by atoms with E-state index in [-0.39, 0.29) is 6.42 Å². The SMILES string of the molecule is O=[SH](=O)C(F)(F)CCCO. The van der Waals surface area contributed by atoms with Crippen molar-refractivity contribution in [2.45, 2.75) is 18.1 Å². The van der Waals surface area contributed by atoms with E-state index in [1.165, 1.54) is 0 Å². The van der Waals surface area contributed by atoms with Gasteiger partial charge in [0.15, 0.2) is 0 Å². The second-order valence-corrected chi connectivity index (χ2v) is 2.92. The van der Waals surface area contributed by atoms with Crippen LogP contribution < -0.4 is 0 Å². The van der Waals surface area contributed by atoms with Gasteiger partial charge in [-0.1, -0.05) is 0 Å². The second kappa shape index (κ2) is 3.82. The van der Waals surface area contributed by atoms with Gasteiger partial charge in [-0.25, -0.2) is 8.42 Å². The minimum absolute atomic E-state index is 0.198. The van der Waals surface area contributed by atoms with Gasteiger partial charge < -0.3 is 5.11 Å². The van der Waals surface area contributed by atoms with Gasteiger partial charge in [-0.2, -0.15) is 8.78 Å². The van der Waals surface area contributed by atoms with Crippen LogP contribution >= 0.6 is 0 Å². The van der Waals surface area contributed by atoms with Crippen LogP contribution in [0.5, 0.6) is 0 Å². The number of hydrogen-bond donors (Lipinski definition) is 2. The van der Waals surface area contributed by atoms with Gasteiger partial charge in [0.1, 0.15) is 0 Å². The van der Waals surface area contributed by atoms with Gasteiger partial charge in [0.2, 0.25) is 10.7 Å². The number of aliphatic hydroxyl groups excluding tert-OH is 1. The number of thiol groups is 1. The van der Waals surface area contributed by atoms with Gasteiger partial charge in [-0.15, -0.1) is 0 Å². The topological polar surface area (TPSA) is 54.4 Å². The molecule has 1 N–H and O–H groups in total. The summed E-state index contributed by atoms with van der Waals surface area (Å²) in [7, 11) is -3.70. The van der Waals surface area contributed by atoms with E-state index >= 15 is 0 Å². The Labute approximate surface area is 58.6 Å². The van der Waals surface area contributed by atoms with E-state index < -0.39 is 29.0 Å². The van der Waals surface area contributed by atoms with Crippen molar-refractivity contribution in [3.8, 4) is 0 Å². The molecule has 0 aromatic carbocycles. The summed E-state index contributed by atoms with van der Waals surface area (Å²) >= 11 is 0. The Morgan fingerprint density at radius 3 is 2.20 bits per heavy atom. The molecule has 3 nitrogen and oxygen atoms in total. The quantitative estimate of drug-likeness (QED) is 0.588. The molecule has 0 spiro atoms. The molecule has 0 saturated heterocycles. The smallest absolute Gasteiger partial charge is 0.343 e. The fourth-order valence-electron chi connectivity index (χ4n) is 0.383. The zero-order valence-electron chi connectivity index (χ0n) is 5.09. The Balaban J connectivity index is 3.87. The van der Waals surface area contributed by atoms with Crippen molar-refractivity contribution in [1.82, 2.24) is 0 Å². The first kappa shape index (κ1) is 9.77. The third-order valence-corrected chi connectivity index (χ3v) is 1.66. The Morgan fingerprint density at radius 2 is 1.90 bits per heavy atom. The molecule has 0 aliphatic carbocycles. The summed E-state index contributed by atoms with van der Waals surface area (Å²) in [5.41, 5.74) is 0. The third-order valence-electron chi connectivity index (χ3n) is 0.903. The van der Waals surface area contributed by atoms with Crippen molar-refractivity contribution in [2.24, 2.45) is 0 Å². The van der Waals surface area contributed by atoms with Crippen LogP contribution in [0.2, 0.25) is 0 Å². The highest BCUT2D eigenvalue weighted by Gasteiger charge is 2.31. The van der Waals surface area contributed by atoms with Crippen molar-refractivity contribution in [3.63, 3.8) is 0 Å². The fourth-order valence-corrected chi connectivity index (χ4v) is 0.724. The van der Waals surface area contributed by atoms with Crippen molar-refractivity contribution < 1.29 is 22.3 Å². The number of halogens is 2. The average molecular weight is 174 g/mol. The maximum Gasteiger partial charge on any atom is 0.343 e. The Morgan fingerprint density at radius 1 is 1.40 bits per heavy atom. The zero-order chi connectivity index (χ0) is 8.20. The van der Waals surface area contributed by atoms with Gasteiger partial charge in [0.05, 0.1) is 0 Å². The molecule has 0 amide bonds. The molecule has 0 aromatic rings. The van der Waals surface area contributed by atoms with E-state index in [1.807, 2.05) is 0 Å². The van der Waals surface area contributed by atoms with Crippen LogP contribution in [0.1, 0.15) is 12.8 Å². The summed E-state index contributed by atoms with van der Waals surface area (Å²) in [6.45, 7) is -0.418. The highest BCUT2D eigenvalue weighted by Crippen LogP contribution is 2.20. The predicted molar refractivity (Wildman–Crippen MR) is 31.6 cm³/mol. The Kier molecular flexibility index (Phi) is 3.73. The molecule has 0 aliphatic heterocycles. The van der Waals surface area contributed by atoms with Gasteiger partial charge in [0.25, 0.3) is 0 Å². The summed E-state index contributed by atoms with van der Waals surface area (Å²) in [6.07, 6.45) is -1.00. The molecular weight excluding hydrogens is 166 g/mol. The van der Waals surface area contributed by atoms with E-state index in [0.717, 1.165) is 0 Å². The van der Waals surface area contributed by atoms with Crippen LogP contribution in [-0.4, -0.2) is 25.4 Å². The van der Waals surface area contributed by atoms with Gasteiger partial charge in [-0.05, 0) is 6.42 Å². The van der Waals surface area contributed by atoms with Crippen molar-refractivity contribution in [2.75, 3.05) is 6.61 Å². The first-order valence-electron chi connectivity index (χ1n) is 2.64. The van der Waals surface area contributed by atoms with E-state index in [2.05, 4.69) is 0 Å². The molecule has 0 unspecified atom stereocenters. The van der Waals surface area contributed by atoms with Gasteiger partial charge >= 0.3 is 5.25 Å². The largest absolute Gasteiger partial charge is 0.396 e. The number of rotatable bonds is 4. The summed E-state index contributed by atoms with van der Waals surface area (Å²) in [4.78, 5) is 0. The van der Waals surface area contributed by atoms with E-state index in [9.17, 15) is 17.2 Å². The second-order valence-electron chi connectivity index (χ2n) is 1.75. The van der Waals surface area contributed by atoms with Gasteiger partial charge in [0, 0.05) is 13.0 Å². The standard InChI is InChI=1S/C4H8F2O3S/c5-4(6,10(8)9)2-1-3-7/h7,10H,1-3H2. The van der Waals surface area contributed by atoms with E-state index in [0.29, 0.717) is 0 Å². The summed E-state index contributed by atoms with van der Waals surface area (Å²) in [5, 5.41) is 4.43. The van der Waals surface area contributed by atoms with Crippen LogP contribution in [0.15, 0.2) is 0 Å². The minimum atomic E-state index is -3.70. The molecule has 0 aromatic heterocycles. The monoisotopic (exact) mass is 174 g/mol. The molecule has 0 rings (SSSR count). The van der Waals surface area contributed by atoms with Crippen LogP contribution in [0.3, 0.4) is 0 Å². The lowest BCUT2D eigenvalue weighted by Crippen LogP contribution is -2.17. The van der Waals surface area contributed by atoms with E-state index in [1.54, 1.807) is 0 Å². The fraction of sp³-hybridized carbons (Fsp3) is 1.00. The number of hydrogen-bond acceptors (Lipinski definition) is 3. The normalized spacial score (nSPS) is 12.4. The molecular formula is C4H8F2O3S. The molecule has 0 aliphatic rings. The lowest BCUT2D eigenvalue weighted by Gasteiger charge is -2.05. The average Bonchev–Trinajstić information content (AvgIpc) is 1.84. The molecule has 0 atom stereocenters. The van der Waals surface area contributed by atoms with Crippen LogP contribution in [0.4, 0.5) is 8.78 Å². The molecule has 0 fully saturated rings. The van der Waals surface area contributed by atoms with E-state index in [4.69, 9.17) is 5.11 Å². The Hall–Kier alpha value is -0.230. The molecule has 0 saturated carbocycles. The summed E-state index contributed by atoms with van der Waals surface area (Å²) in [5.74, 6) is 0. The first-order chi connectivity index (χ1) is 4.50. The maximum atomic E-state index is 12.0. The van der Waals surface area contributed by atoms with Crippen LogP contribution in [0.25, 0.3) is 0 Å². The van der Waals surface area contributed by atoms with Crippen molar-refractivity contribution in [1.29, 1.82) is 0 Å². The maximum absolute atomic E-state index is 12.0. The van der Waals surface area contributed by atoms with Crippen LogP contribution in [-0.2, 0) is 10.7 Å². The minimum Gasteiger partial charge on any atom is -0.396 e. The van der Waals surface area contributed by atoms with Crippen LogP contribution in [0, 0.1) is 0 Å². The highest BCUT2D eigenvalue weighted by atomic mass is 32.2. The molecule has 0 radical (unpaired) electrons. The lowest BCUT2D eigenvalue weighted by atomic mass is 10.3. The number of alkyl halides is 2. The lowest BCUT2D eigenvalue weighted by molar-refractivity contribution is 0.0771. The zero-order valence-corrected chi connectivity index (χ0v) is 5.98. The predicted octanol–water partition coefficient (Wildman–Crippen LogP) is -0.0369. The molecule has 0 bridgehead atoms. The molecule has 0 heterocycles. The number of aliphatic hydroxyl groups is 1. The molecule has 62 valence electrons. The molecule has 10 heavy (non-hydrogen) atoms. The highest BCUT2D eigenvalue weighted by molar-refractivity contribution is 7.73. The third kappa shape index (κ3) is 3.07. The van der Waals surface area contributed by atoms with Crippen molar-refractivity contribution in [3.05, 3.63) is 0 Å². The Bertz CT molecular complexity index is 158. The summed E-state index contributed by atoms with van der Waals surface area (Å²) < 4.78 is 43.5. The van der Waals surface area contributed by atoms with Gasteiger partial charge in [-0.3, -0.25) is 0 Å². The summed E-state index contributed by atoms with van der Waals surface area (Å²) in [6, 6.07) is 0.